The molecule has 3 rings (SSSR count). The molecule has 1 N–H and O–H groups in total. The molecule has 0 aromatic heterocycles. The molecule has 1 amide bonds. The van der Waals surface area contributed by atoms with Gasteiger partial charge in [0.25, 0.3) is 0 Å². The van der Waals surface area contributed by atoms with Gasteiger partial charge < -0.3 is 5.32 Å². The molecule has 0 saturated carbocycles. The van der Waals surface area contributed by atoms with Crippen LogP contribution in [0, 0.1) is 6.92 Å². The summed E-state index contributed by atoms with van der Waals surface area (Å²) in [6.07, 6.45) is 1.10. The second-order valence-electron chi connectivity index (χ2n) is 6.20. The van der Waals surface area contributed by atoms with Crippen molar-refractivity contribution in [2.24, 2.45) is 0 Å². The van der Waals surface area contributed by atoms with E-state index < -0.39 is 16.1 Å². The van der Waals surface area contributed by atoms with E-state index in [0.29, 0.717) is 35.1 Å². The monoisotopic (exact) mass is 412 g/mol. The van der Waals surface area contributed by atoms with E-state index in [-0.39, 0.29) is 10.8 Å². The van der Waals surface area contributed by atoms with E-state index in [2.05, 4.69) is 5.32 Å². The number of sulfonamides is 1. The highest BCUT2D eigenvalue weighted by Gasteiger charge is 2.39. The summed E-state index contributed by atoms with van der Waals surface area (Å²) in [5, 5.41) is 3.43. The lowest BCUT2D eigenvalue weighted by molar-refractivity contribution is -0.119. The Morgan fingerprint density at radius 3 is 2.46 bits per heavy atom. The average Bonchev–Trinajstić information content (AvgIpc) is 3.09. The maximum Gasteiger partial charge on any atom is 0.243 e. The Hall–Kier alpha value is -1.60. The molecule has 0 unspecified atom stereocenters. The molecule has 0 aliphatic carbocycles. The van der Waals surface area contributed by atoms with Crippen molar-refractivity contribution in [1.29, 1.82) is 0 Å². The van der Waals surface area contributed by atoms with Crippen LogP contribution in [0.3, 0.4) is 0 Å². The van der Waals surface area contributed by atoms with Crippen LogP contribution in [0.4, 0.5) is 5.69 Å². The smallest absolute Gasteiger partial charge is 0.243 e. The average molecular weight is 413 g/mol. The fraction of sp³-hybridized carbons (Fsp3) is 0.278. The van der Waals surface area contributed by atoms with Crippen molar-refractivity contribution in [2.45, 2.75) is 30.7 Å². The zero-order chi connectivity index (χ0) is 18.9. The normalized spacial score (nSPS) is 18.0. The molecule has 2 aromatic rings. The molecule has 5 nitrogen and oxygen atoms in total. The lowest BCUT2D eigenvalue weighted by Crippen LogP contribution is -2.43. The van der Waals surface area contributed by atoms with Crippen molar-refractivity contribution in [2.75, 3.05) is 11.9 Å². The molecule has 0 radical (unpaired) electrons. The van der Waals surface area contributed by atoms with Crippen LogP contribution in [-0.2, 0) is 14.8 Å². The molecule has 0 bridgehead atoms. The summed E-state index contributed by atoms with van der Waals surface area (Å²) in [6, 6.07) is 10.6. The second-order valence-corrected chi connectivity index (χ2v) is 8.91. The third-order valence-electron chi connectivity index (χ3n) is 4.32. The molecule has 0 spiro atoms. The number of hydrogen-bond acceptors (Lipinski definition) is 3. The van der Waals surface area contributed by atoms with Crippen molar-refractivity contribution in [3.05, 3.63) is 58.1 Å². The highest BCUT2D eigenvalue weighted by Crippen LogP contribution is 2.29. The van der Waals surface area contributed by atoms with Gasteiger partial charge in [-0.15, -0.1) is 0 Å². The lowest BCUT2D eigenvalue weighted by Gasteiger charge is -2.23. The Labute approximate surface area is 163 Å². The maximum atomic E-state index is 12.9. The first-order valence-corrected chi connectivity index (χ1v) is 10.3. The summed E-state index contributed by atoms with van der Waals surface area (Å²) in [5.74, 6) is -0.378. The molecule has 1 aliphatic heterocycles. The third kappa shape index (κ3) is 3.88. The summed E-state index contributed by atoms with van der Waals surface area (Å²) in [5.41, 5.74) is 1.45. The molecule has 8 heteroatoms. The fourth-order valence-electron chi connectivity index (χ4n) is 2.93. The Morgan fingerprint density at radius 1 is 1.12 bits per heavy atom. The summed E-state index contributed by atoms with van der Waals surface area (Å²) < 4.78 is 27.1. The Balaban J connectivity index is 1.81. The first-order chi connectivity index (χ1) is 12.3. The molecule has 1 atom stereocenters. The van der Waals surface area contributed by atoms with Gasteiger partial charge in [-0.05, 0) is 50.1 Å². The number of benzene rings is 2. The Morgan fingerprint density at radius 2 is 1.81 bits per heavy atom. The molecule has 26 heavy (non-hydrogen) atoms. The summed E-state index contributed by atoms with van der Waals surface area (Å²) in [4.78, 5) is 12.9. The van der Waals surface area contributed by atoms with Crippen molar-refractivity contribution < 1.29 is 13.2 Å². The lowest BCUT2D eigenvalue weighted by atomic mass is 10.2. The molecule has 1 heterocycles. The van der Waals surface area contributed by atoms with E-state index >= 15 is 0 Å². The van der Waals surface area contributed by atoms with E-state index in [4.69, 9.17) is 23.2 Å². The highest BCUT2D eigenvalue weighted by molar-refractivity contribution is 7.89. The molecule has 1 aliphatic rings. The van der Waals surface area contributed by atoms with Crippen LogP contribution in [0.1, 0.15) is 18.4 Å². The number of carbonyl (C=O) groups is 1. The van der Waals surface area contributed by atoms with Gasteiger partial charge >= 0.3 is 0 Å². The number of amides is 1. The first kappa shape index (κ1) is 19.2. The van der Waals surface area contributed by atoms with Crippen molar-refractivity contribution in [3.63, 3.8) is 0 Å². The van der Waals surface area contributed by atoms with Crippen molar-refractivity contribution >= 4 is 44.8 Å². The highest BCUT2D eigenvalue weighted by atomic mass is 35.5. The minimum Gasteiger partial charge on any atom is -0.325 e. The minimum atomic E-state index is -3.73. The predicted octanol–water partition coefficient (Wildman–Crippen LogP) is 4.09. The second kappa shape index (κ2) is 7.56. The number of anilines is 1. The van der Waals surface area contributed by atoms with Gasteiger partial charge in [-0.1, -0.05) is 40.9 Å². The molecule has 1 saturated heterocycles. The fourth-order valence-corrected chi connectivity index (χ4v) is 4.89. The molecular formula is C18H18Cl2N2O3S. The van der Waals surface area contributed by atoms with Gasteiger partial charge in [-0.2, -0.15) is 4.31 Å². The van der Waals surface area contributed by atoms with Gasteiger partial charge in [0.15, 0.2) is 0 Å². The number of aryl methyl sites for hydroxylation is 1. The van der Waals surface area contributed by atoms with Gasteiger partial charge in [0, 0.05) is 12.2 Å². The van der Waals surface area contributed by atoms with Gasteiger partial charge in [0.2, 0.25) is 15.9 Å². The van der Waals surface area contributed by atoms with E-state index in [1.807, 2.05) is 6.92 Å². The van der Waals surface area contributed by atoms with Gasteiger partial charge in [-0.25, -0.2) is 8.42 Å². The van der Waals surface area contributed by atoms with E-state index in [0.717, 1.165) is 5.56 Å². The predicted molar refractivity (Wildman–Crippen MR) is 103 cm³/mol. The van der Waals surface area contributed by atoms with Crippen molar-refractivity contribution in [1.82, 2.24) is 4.31 Å². The van der Waals surface area contributed by atoms with Crippen LogP contribution in [0.5, 0.6) is 0 Å². The number of rotatable bonds is 4. The van der Waals surface area contributed by atoms with Crippen LogP contribution in [0.25, 0.3) is 0 Å². The van der Waals surface area contributed by atoms with Crippen LogP contribution >= 0.6 is 23.2 Å². The standard InChI is InChI=1S/C18H18Cl2N2O3S/c1-12-4-7-14(8-5-12)26(24,25)22-10-2-3-17(22)18(23)21-13-6-9-15(19)16(20)11-13/h4-9,11,17H,2-3,10H2,1H3,(H,21,23)/t17-/m0/s1. The Kier molecular flexibility index (Phi) is 5.58. The summed E-state index contributed by atoms with van der Waals surface area (Å²) in [7, 11) is -3.73. The number of nitrogens with one attached hydrogen (secondary N) is 1. The maximum absolute atomic E-state index is 12.9. The van der Waals surface area contributed by atoms with Crippen LogP contribution < -0.4 is 5.32 Å². The molecule has 138 valence electrons. The number of hydrogen-bond donors (Lipinski definition) is 1. The van der Waals surface area contributed by atoms with Gasteiger partial charge in [0.05, 0.1) is 14.9 Å². The van der Waals surface area contributed by atoms with Gasteiger partial charge in [-0.3, -0.25) is 4.79 Å². The summed E-state index contributed by atoms with van der Waals surface area (Å²) in [6.45, 7) is 2.20. The molecular weight excluding hydrogens is 395 g/mol. The third-order valence-corrected chi connectivity index (χ3v) is 6.98. The van der Waals surface area contributed by atoms with E-state index in [9.17, 15) is 13.2 Å². The number of halogens is 2. The van der Waals surface area contributed by atoms with Crippen molar-refractivity contribution in [3.8, 4) is 0 Å². The van der Waals surface area contributed by atoms with E-state index in [1.54, 1.807) is 36.4 Å². The topological polar surface area (TPSA) is 66.5 Å². The first-order valence-electron chi connectivity index (χ1n) is 8.13. The zero-order valence-electron chi connectivity index (χ0n) is 14.1. The molecule has 2 aromatic carbocycles. The zero-order valence-corrected chi connectivity index (χ0v) is 16.4. The van der Waals surface area contributed by atoms with Crippen LogP contribution in [0.2, 0.25) is 10.0 Å². The number of nitrogens with zero attached hydrogens (tertiary/aromatic N) is 1. The van der Waals surface area contributed by atoms with Crippen LogP contribution in [0.15, 0.2) is 47.4 Å². The van der Waals surface area contributed by atoms with Crippen LogP contribution in [-0.4, -0.2) is 31.2 Å². The summed E-state index contributed by atoms with van der Waals surface area (Å²) >= 11 is 11.8. The molecule has 1 fully saturated rings. The SMILES string of the molecule is Cc1ccc(S(=O)(=O)N2CCC[C@H]2C(=O)Nc2ccc(Cl)c(Cl)c2)cc1. The number of carbonyl (C=O) groups excluding carboxylic acids is 1. The minimum absolute atomic E-state index is 0.192. The quantitative estimate of drug-likeness (QED) is 0.821. The van der Waals surface area contributed by atoms with Gasteiger partial charge in [0.1, 0.15) is 6.04 Å². The Bertz CT molecular complexity index is 930. The largest absolute Gasteiger partial charge is 0.325 e. The van der Waals surface area contributed by atoms with E-state index in [1.165, 1.54) is 10.4 Å².